The van der Waals surface area contributed by atoms with Crippen molar-refractivity contribution < 1.29 is 15.0 Å². The Hall–Kier alpha value is -1.13. The van der Waals surface area contributed by atoms with Gasteiger partial charge >= 0.3 is 5.97 Å². The lowest BCUT2D eigenvalue weighted by Crippen LogP contribution is -2.48. The molecule has 0 amide bonds. The molecule has 1 heterocycles. The van der Waals surface area contributed by atoms with Gasteiger partial charge in [-0.15, -0.1) is 0 Å². The average molecular weight is 223 g/mol. The molecule has 88 valence electrons. The first-order valence-electron chi connectivity index (χ1n) is 5.51. The van der Waals surface area contributed by atoms with Crippen molar-refractivity contribution in [3.8, 4) is 0 Å². The highest BCUT2D eigenvalue weighted by atomic mass is 16.4. The van der Waals surface area contributed by atoms with Gasteiger partial charge in [-0.25, -0.2) is 4.79 Å². The van der Waals surface area contributed by atoms with Crippen molar-refractivity contribution >= 4 is 5.97 Å². The number of aliphatic hydroxyl groups is 1. The predicted molar refractivity (Wildman–Crippen MR) is 60.1 cm³/mol. The molecule has 2 rings (SSSR count). The standard InChI is InChI=1S/C12H17NO3/c1-11(5-3-2-4-6-11)13-8-7-12(16,9-13)10(14)15/h2-5,16H,6-9H2,1H3,(H,14,15). The maximum absolute atomic E-state index is 10.9. The summed E-state index contributed by atoms with van der Waals surface area (Å²) in [6, 6.07) is 0. The summed E-state index contributed by atoms with van der Waals surface area (Å²) in [6.45, 7) is 2.90. The van der Waals surface area contributed by atoms with Crippen LogP contribution in [0.2, 0.25) is 0 Å². The molecule has 2 unspecified atom stereocenters. The molecule has 4 heteroatoms. The predicted octanol–water partition coefficient (Wildman–Crippen LogP) is 0.783. The van der Waals surface area contributed by atoms with Crippen LogP contribution >= 0.6 is 0 Å². The number of carboxylic acids is 1. The quantitative estimate of drug-likeness (QED) is 0.726. The summed E-state index contributed by atoms with van der Waals surface area (Å²) in [7, 11) is 0. The van der Waals surface area contributed by atoms with Crippen molar-refractivity contribution in [3.05, 3.63) is 24.3 Å². The Balaban J connectivity index is 2.12. The van der Waals surface area contributed by atoms with Crippen molar-refractivity contribution in [1.29, 1.82) is 0 Å². The Bertz CT molecular complexity index is 363. The Morgan fingerprint density at radius 2 is 2.19 bits per heavy atom. The molecule has 0 aromatic heterocycles. The Kier molecular flexibility index (Phi) is 2.64. The van der Waals surface area contributed by atoms with E-state index in [1.165, 1.54) is 0 Å². The fourth-order valence-corrected chi connectivity index (χ4v) is 2.35. The van der Waals surface area contributed by atoms with Gasteiger partial charge in [-0.2, -0.15) is 0 Å². The molecule has 0 aromatic rings. The second kappa shape index (κ2) is 3.71. The zero-order valence-corrected chi connectivity index (χ0v) is 9.39. The summed E-state index contributed by atoms with van der Waals surface area (Å²) >= 11 is 0. The third-order valence-corrected chi connectivity index (χ3v) is 3.60. The average Bonchev–Trinajstić information content (AvgIpc) is 2.64. The molecular formula is C12H17NO3. The fraction of sp³-hybridized carbons (Fsp3) is 0.583. The van der Waals surface area contributed by atoms with E-state index in [1.807, 2.05) is 17.1 Å². The number of carbonyl (C=O) groups is 1. The van der Waals surface area contributed by atoms with Crippen LogP contribution in [0.4, 0.5) is 0 Å². The molecule has 1 fully saturated rings. The molecule has 1 aliphatic heterocycles. The largest absolute Gasteiger partial charge is 0.479 e. The van der Waals surface area contributed by atoms with E-state index in [4.69, 9.17) is 5.11 Å². The van der Waals surface area contributed by atoms with Crippen LogP contribution in [0.3, 0.4) is 0 Å². The second-order valence-electron chi connectivity index (χ2n) is 4.86. The van der Waals surface area contributed by atoms with Crippen LogP contribution < -0.4 is 0 Å². The van der Waals surface area contributed by atoms with Gasteiger partial charge in [0, 0.05) is 25.0 Å². The maximum Gasteiger partial charge on any atom is 0.337 e. The van der Waals surface area contributed by atoms with E-state index >= 15 is 0 Å². The van der Waals surface area contributed by atoms with Gasteiger partial charge in [0.25, 0.3) is 0 Å². The van der Waals surface area contributed by atoms with Crippen molar-refractivity contribution in [2.45, 2.75) is 30.9 Å². The maximum atomic E-state index is 10.9. The lowest BCUT2D eigenvalue weighted by atomic mass is 9.91. The summed E-state index contributed by atoms with van der Waals surface area (Å²) in [5.74, 6) is -1.12. The van der Waals surface area contributed by atoms with Gasteiger partial charge in [0.15, 0.2) is 5.60 Å². The molecule has 0 saturated carbocycles. The summed E-state index contributed by atoms with van der Waals surface area (Å²) in [6.07, 6.45) is 9.26. The lowest BCUT2D eigenvalue weighted by Gasteiger charge is -2.37. The van der Waals surface area contributed by atoms with Gasteiger partial charge in [-0.05, 0) is 13.3 Å². The molecule has 1 saturated heterocycles. The van der Waals surface area contributed by atoms with Gasteiger partial charge in [-0.3, -0.25) is 4.90 Å². The minimum absolute atomic E-state index is 0.158. The third-order valence-electron chi connectivity index (χ3n) is 3.60. The molecule has 2 aliphatic rings. The lowest BCUT2D eigenvalue weighted by molar-refractivity contribution is -0.157. The number of likely N-dealkylation sites (tertiary alicyclic amines) is 1. The highest BCUT2D eigenvalue weighted by molar-refractivity contribution is 5.78. The molecule has 0 radical (unpaired) electrons. The minimum atomic E-state index is -1.57. The van der Waals surface area contributed by atoms with Gasteiger partial charge in [0.05, 0.1) is 0 Å². The van der Waals surface area contributed by atoms with Crippen LogP contribution in [-0.4, -0.2) is 45.3 Å². The summed E-state index contributed by atoms with van der Waals surface area (Å²) < 4.78 is 0. The van der Waals surface area contributed by atoms with Crippen LogP contribution in [0.1, 0.15) is 19.8 Å². The Morgan fingerprint density at radius 3 is 2.69 bits per heavy atom. The van der Waals surface area contributed by atoms with E-state index in [0.29, 0.717) is 13.0 Å². The molecule has 0 bridgehead atoms. The SMILES string of the molecule is CC1(N2CCC(O)(C(=O)O)C2)C=CC=CC1. The van der Waals surface area contributed by atoms with Crippen molar-refractivity contribution in [2.24, 2.45) is 0 Å². The number of hydrogen-bond acceptors (Lipinski definition) is 3. The minimum Gasteiger partial charge on any atom is -0.479 e. The van der Waals surface area contributed by atoms with Crippen LogP contribution in [0.15, 0.2) is 24.3 Å². The summed E-state index contributed by atoms with van der Waals surface area (Å²) in [5.41, 5.74) is -1.73. The Labute approximate surface area is 94.9 Å². The van der Waals surface area contributed by atoms with Crippen molar-refractivity contribution in [1.82, 2.24) is 4.90 Å². The monoisotopic (exact) mass is 223 g/mol. The van der Waals surface area contributed by atoms with E-state index < -0.39 is 11.6 Å². The fourth-order valence-electron chi connectivity index (χ4n) is 2.35. The van der Waals surface area contributed by atoms with Crippen molar-refractivity contribution in [3.63, 3.8) is 0 Å². The normalized spacial score (nSPS) is 39.1. The number of hydrogen-bond donors (Lipinski definition) is 2. The van der Waals surface area contributed by atoms with E-state index in [9.17, 15) is 9.90 Å². The number of rotatable bonds is 2. The molecule has 1 aliphatic carbocycles. The van der Waals surface area contributed by atoms with E-state index in [0.717, 1.165) is 6.42 Å². The highest BCUT2D eigenvalue weighted by Gasteiger charge is 2.47. The van der Waals surface area contributed by atoms with Gasteiger partial charge in [-0.1, -0.05) is 24.3 Å². The number of aliphatic carboxylic acids is 1. The molecule has 4 nitrogen and oxygen atoms in total. The molecule has 16 heavy (non-hydrogen) atoms. The van der Waals surface area contributed by atoms with Crippen molar-refractivity contribution in [2.75, 3.05) is 13.1 Å². The second-order valence-corrected chi connectivity index (χ2v) is 4.86. The summed E-state index contributed by atoms with van der Waals surface area (Å²) in [4.78, 5) is 13.0. The molecule has 0 spiro atoms. The number of carboxylic acid groups (broad SMARTS) is 1. The third kappa shape index (κ3) is 1.79. The number of nitrogens with zero attached hydrogens (tertiary/aromatic N) is 1. The van der Waals surface area contributed by atoms with Crippen LogP contribution in [0.5, 0.6) is 0 Å². The van der Waals surface area contributed by atoms with Crippen LogP contribution in [0.25, 0.3) is 0 Å². The first-order chi connectivity index (χ1) is 7.46. The van der Waals surface area contributed by atoms with Crippen LogP contribution in [-0.2, 0) is 4.79 Å². The molecule has 2 N–H and O–H groups in total. The van der Waals surface area contributed by atoms with E-state index in [-0.39, 0.29) is 12.1 Å². The molecule has 2 atom stereocenters. The van der Waals surface area contributed by atoms with Gasteiger partial charge in [0.1, 0.15) is 0 Å². The number of allylic oxidation sites excluding steroid dienone is 2. The van der Waals surface area contributed by atoms with Crippen LogP contribution in [0, 0.1) is 0 Å². The van der Waals surface area contributed by atoms with E-state index in [2.05, 4.69) is 19.1 Å². The smallest absolute Gasteiger partial charge is 0.337 e. The zero-order valence-electron chi connectivity index (χ0n) is 9.39. The van der Waals surface area contributed by atoms with Gasteiger partial charge in [0.2, 0.25) is 0 Å². The summed E-state index contributed by atoms with van der Waals surface area (Å²) in [5, 5.41) is 18.9. The first-order valence-corrected chi connectivity index (χ1v) is 5.51. The number of β-amino-alcohol motifs (C(OH)–C–C–N with tert-alkyl or cyclic N) is 1. The highest BCUT2D eigenvalue weighted by Crippen LogP contribution is 2.32. The zero-order chi connectivity index (χ0) is 11.8. The first kappa shape index (κ1) is 11.4. The van der Waals surface area contributed by atoms with Gasteiger partial charge < -0.3 is 10.2 Å². The topological polar surface area (TPSA) is 60.8 Å². The Morgan fingerprint density at radius 1 is 1.44 bits per heavy atom. The molecule has 0 aromatic carbocycles. The molecular weight excluding hydrogens is 206 g/mol. The van der Waals surface area contributed by atoms with E-state index in [1.54, 1.807) is 0 Å².